The molecule has 0 fully saturated rings. The summed E-state index contributed by atoms with van der Waals surface area (Å²) in [5.74, 6) is -0.524. The van der Waals surface area contributed by atoms with Gasteiger partial charge in [-0.1, -0.05) is 23.7 Å². The molecule has 0 saturated heterocycles. The summed E-state index contributed by atoms with van der Waals surface area (Å²) in [7, 11) is 0. The summed E-state index contributed by atoms with van der Waals surface area (Å²) in [6.45, 7) is 1.74. The average Bonchev–Trinajstić information content (AvgIpc) is 2.45. The van der Waals surface area contributed by atoms with Crippen molar-refractivity contribution in [3.05, 3.63) is 68.6 Å². The minimum atomic E-state index is -0.865. The van der Waals surface area contributed by atoms with Gasteiger partial charge in [0.05, 0.1) is 6.10 Å². The first kappa shape index (κ1) is 15.3. The number of halogens is 1. The fourth-order valence-electron chi connectivity index (χ4n) is 1.84. The van der Waals surface area contributed by atoms with Crippen molar-refractivity contribution in [3.63, 3.8) is 0 Å². The average molecular weight is 307 g/mol. The Morgan fingerprint density at radius 2 is 1.95 bits per heavy atom. The van der Waals surface area contributed by atoms with Crippen molar-refractivity contribution >= 4 is 17.5 Å². The lowest BCUT2D eigenvalue weighted by Gasteiger charge is -2.12. The zero-order valence-corrected chi connectivity index (χ0v) is 12.1. The van der Waals surface area contributed by atoms with E-state index in [1.165, 1.54) is 6.07 Å². The highest BCUT2D eigenvalue weighted by molar-refractivity contribution is 6.30. The Morgan fingerprint density at radius 3 is 2.57 bits per heavy atom. The molecular formula is C15H15ClN2O3. The lowest BCUT2D eigenvalue weighted by atomic mass is 10.1. The summed E-state index contributed by atoms with van der Waals surface area (Å²) in [5, 5.41) is 13.1. The van der Waals surface area contributed by atoms with E-state index in [9.17, 15) is 14.7 Å². The molecule has 1 atom stereocenters. The predicted molar refractivity (Wildman–Crippen MR) is 80.5 cm³/mol. The number of amides is 1. The van der Waals surface area contributed by atoms with Crippen molar-refractivity contribution in [2.24, 2.45) is 0 Å². The Kier molecular flexibility index (Phi) is 4.77. The molecule has 2 aromatic rings. The first-order valence-electron chi connectivity index (χ1n) is 6.39. The SMILES string of the molecule is Cc1ccc(C(=O)NCC(O)c2ccc(Cl)cc2)c(=O)[nH]1. The summed E-state index contributed by atoms with van der Waals surface area (Å²) in [4.78, 5) is 26.1. The molecule has 3 N–H and O–H groups in total. The van der Waals surface area contributed by atoms with Crippen molar-refractivity contribution < 1.29 is 9.90 Å². The van der Waals surface area contributed by atoms with E-state index < -0.39 is 17.6 Å². The molecule has 1 unspecified atom stereocenters. The monoisotopic (exact) mass is 306 g/mol. The van der Waals surface area contributed by atoms with Crippen LogP contribution in [-0.2, 0) is 0 Å². The molecule has 2 rings (SSSR count). The van der Waals surface area contributed by atoms with E-state index in [-0.39, 0.29) is 12.1 Å². The zero-order chi connectivity index (χ0) is 15.4. The van der Waals surface area contributed by atoms with Crippen LogP contribution in [0, 0.1) is 6.92 Å². The van der Waals surface area contributed by atoms with E-state index in [0.29, 0.717) is 16.3 Å². The van der Waals surface area contributed by atoms with Gasteiger partial charge in [-0.3, -0.25) is 9.59 Å². The van der Waals surface area contributed by atoms with Gasteiger partial charge in [-0.25, -0.2) is 0 Å². The lowest BCUT2D eigenvalue weighted by Crippen LogP contribution is -2.32. The first-order valence-corrected chi connectivity index (χ1v) is 6.77. The van der Waals surface area contributed by atoms with Crippen LogP contribution in [0.15, 0.2) is 41.2 Å². The third kappa shape index (κ3) is 3.93. The van der Waals surface area contributed by atoms with Gasteiger partial charge in [0.1, 0.15) is 5.56 Å². The van der Waals surface area contributed by atoms with Crippen LogP contribution in [0.2, 0.25) is 5.02 Å². The molecule has 1 aromatic carbocycles. The lowest BCUT2D eigenvalue weighted by molar-refractivity contribution is 0.0915. The molecule has 0 bridgehead atoms. The van der Waals surface area contributed by atoms with Gasteiger partial charge in [0.2, 0.25) is 0 Å². The smallest absolute Gasteiger partial charge is 0.260 e. The van der Waals surface area contributed by atoms with Gasteiger partial charge >= 0.3 is 0 Å². The van der Waals surface area contributed by atoms with Crippen LogP contribution < -0.4 is 10.9 Å². The van der Waals surface area contributed by atoms with Gasteiger partial charge in [0.15, 0.2) is 0 Å². The second-order valence-electron chi connectivity index (χ2n) is 4.66. The number of nitrogens with one attached hydrogen (secondary N) is 2. The Bertz CT molecular complexity index is 695. The fourth-order valence-corrected chi connectivity index (χ4v) is 1.96. The van der Waals surface area contributed by atoms with E-state index in [2.05, 4.69) is 10.3 Å². The molecule has 0 aliphatic heterocycles. The van der Waals surface area contributed by atoms with Crippen molar-refractivity contribution in [2.75, 3.05) is 6.54 Å². The molecule has 0 saturated carbocycles. The third-order valence-corrected chi connectivity index (χ3v) is 3.26. The largest absolute Gasteiger partial charge is 0.387 e. The third-order valence-electron chi connectivity index (χ3n) is 3.01. The van der Waals surface area contributed by atoms with Crippen molar-refractivity contribution in [1.29, 1.82) is 0 Å². The maximum atomic E-state index is 11.9. The van der Waals surface area contributed by atoms with E-state index in [0.717, 1.165) is 0 Å². The molecule has 110 valence electrons. The molecule has 0 aliphatic carbocycles. The number of aromatic amines is 1. The minimum absolute atomic E-state index is 0.00772. The highest BCUT2D eigenvalue weighted by atomic mass is 35.5. The highest BCUT2D eigenvalue weighted by Gasteiger charge is 2.13. The zero-order valence-electron chi connectivity index (χ0n) is 11.4. The number of rotatable bonds is 4. The maximum Gasteiger partial charge on any atom is 0.260 e. The van der Waals surface area contributed by atoms with Gasteiger partial charge in [-0.05, 0) is 36.8 Å². The van der Waals surface area contributed by atoms with Gasteiger partial charge in [-0.15, -0.1) is 0 Å². The van der Waals surface area contributed by atoms with Gasteiger partial charge in [-0.2, -0.15) is 0 Å². The van der Waals surface area contributed by atoms with Crippen molar-refractivity contribution in [1.82, 2.24) is 10.3 Å². The second-order valence-corrected chi connectivity index (χ2v) is 5.10. The molecule has 0 aliphatic rings. The van der Waals surface area contributed by atoms with Crippen molar-refractivity contribution in [2.45, 2.75) is 13.0 Å². The number of hydrogen-bond acceptors (Lipinski definition) is 3. The van der Waals surface area contributed by atoms with E-state index in [1.54, 1.807) is 37.3 Å². The van der Waals surface area contributed by atoms with Crippen LogP contribution in [0.25, 0.3) is 0 Å². The minimum Gasteiger partial charge on any atom is -0.387 e. The number of aryl methyl sites for hydroxylation is 1. The summed E-state index contributed by atoms with van der Waals surface area (Å²) in [6, 6.07) is 9.78. The van der Waals surface area contributed by atoms with E-state index in [4.69, 9.17) is 11.6 Å². The Labute approximate surface area is 126 Å². The van der Waals surface area contributed by atoms with Gasteiger partial charge in [0, 0.05) is 17.3 Å². The Balaban J connectivity index is 2.00. The molecular weight excluding hydrogens is 292 g/mol. The van der Waals surface area contributed by atoms with Crippen LogP contribution >= 0.6 is 11.6 Å². The van der Waals surface area contributed by atoms with E-state index >= 15 is 0 Å². The van der Waals surface area contributed by atoms with Crippen LogP contribution in [0.5, 0.6) is 0 Å². The molecule has 1 amide bonds. The van der Waals surface area contributed by atoms with Crippen LogP contribution in [0.4, 0.5) is 0 Å². The number of carbonyl (C=O) groups excluding carboxylic acids is 1. The first-order chi connectivity index (χ1) is 9.97. The molecule has 6 heteroatoms. The molecule has 0 spiro atoms. The number of pyridine rings is 1. The number of benzene rings is 1. The normalized spacial score (nSPS) is 12.0. The fraction of sp³-hybridized carbons (Fsp3) is 0.200. The van der Waals surface area contributed by atoms with Crippen LogP contribution in [0.1, 0.15) is 27.7 Å². The van der Waals surface area contributed by atoms with Crippen LogP contribution in [-0.4, -0.2) is 22.5 Å². The summed E-state index contributed by atoms with van der Waals surface area (Å²) < 4.78 is 0. The summed E-state index contributed by atoms with van der Waals surface area (Å²) in [6.07, 6.45) is -0.865. The quantitative estimate of drug-likeness (QED) is 0.805. The van der Waals surface area contributed by atoms with Gasteiger partial charge in [0.25, 0.3) is 11.5 Å². The van der Waals surface area contributed by atoms with Gasteiger partial charge < -0.3 is 15.4 Å². The van der Waals surface area contributed by atoms with Crippen molar-refractivity contribution in [3.8, 4) is 0 Å². The molecule has 0 radical (unpaired) electrons. The predicted octanol–water partition coefficient (Wildman–Crippen LogP) is 1.80. The molecule has 1 heterocycles. The van der Waals surface area contributed by atoms with Crippen LogP contribution in [0.3, 0.4) is 0 Å². The molecule has 21 heavy (non-hydrogen) atoms. The number of aliphatic hydroxyl groups excluding tert-OH is 1. The second kappa shape index (κ2) is 6.56. The number of aromatic nitrogens is 1. The summed E-state index contributed by atoms with van der Waals surface area (Å²) >= 11 is 5.76. The number of H-pyrrole nitrogens is 1. The number of aliphatic hydroxyl groups is 1. The number of carbonyl (C=O) groups is 1. The Morgan fingerprint density at radius 1 is 1.29 bits per heavy atom. The van der Waals surface area contributed by atoms with E-state index in [1.807, 2.05) is 0 Å². The molecule has 1 aromatic heterocycles. The maximum absolute atomic E-state index is 11.9. The molecule has 5 nitrogen and oxygen atoms in total. The Hall–Kier alpha value is -2.11. The number of hydrogen-bond donors (Lipinski definition) is 3. The topological polar surface area (TPSA) is 82.2 Å². The highest BCUT2D eigenvalue weighted by Crippen LogP contribution is 2.15. The standard InChI is InChI=1S/C15H15ClN2O3/c1-9-2-7-12(15(21)18-9)14(20)17-8-13(19)10-3-5-11(16)6-4-10/h2-7,13,19H,8H2,1H3,(H,17,20)(H,18,21). The summed E-state index contributed by atoms with van der Waals surface area (Å²) in [5.41, 5.74) is 0.882.